The Labute approximate surface area is 235 Å². The van der Waals surface area contributed by atoms with Gasteiger partial charge >= 0.3 is 0 Å². The number of β-amino-alcohol motifs (C(OH)–C–C–N with tert-alkyl or cyclic N) is 1. The van der Waals surface area contributed by atoms with Gasteiger partial charge in [0.1, 0.15) is 5.82 Å². The van der Waals surface area contributed by atoms with Gasteiger partial charge in [0, 0.05) is 43.8 Å². The number of ether oxygens (including phenoxy) is 2. The molecule has 12 heteroatoms. The zero-order valence-electron chi connectivity index (χ0n) is 22.5. The van der Waals surface area contributed by atoms with Crippen molar-refractivity contribution in [3.63, 3.8) is 0 Å². The molecule has 1 aromatic carbocycles. The number of hydrogen-bond acceptors (Lipinski definition) is 9. The van der Waals surface area contributed by atoms with Gasteiger partial charge < -0.3 is 29.8 Å². The molecule has 3 N–H and O–H groups in total. The predicted octanol–water partition coefficient (Wildman–Crippen LogP) is 3.32. The first-order chi connectivity index (χ1) is 19.9. The maximum Gasteiger partial charge on any atom is 0.233 e. The number of anilines is 1. The summed E-state index contributed by atoms with van der Waals surface area (Å²) in [5.74, 6) is 0.360. The van der Waals surface area contributed by atoms with Crippen LogP contribution in [-0.4, -0.2) is 73.2 Å². The highest BCUT2D eigenvalue weighted by Gasteiger charge is 2.44. The number of aliphatic hydroxyl groups is 1. The molecule has 0 radical (unpaired) electrons. The number of carbonyl (C=O) groups is 1. The number of hydrogen-bond donors (Lipinski definition) is 3. The molecule has 2 aliphatic heterocycles. The predicted molar refractivity (Wildman–Crippen MR) is 147 cm³/mol. The molecule has 1 amide bonds. The number of aromatic nitrogens is 5. The Bertz CT molecular complexity index is 1510. The fraction of sp³-hybridized carbons (Fsp3) is 0.345. The second-order valence-corrected chi connectivity index (χ2v) is 10.5. The number of nitrogens with zero attached hydrogens (tertiary/aromatic N) is 5. The molecule has 5 heterocycles. The second kappa shape index (κ2) is 11.3. The van der Waals surface area contributed by atoms with Crippen LogP contribution in [0.25, 0.3) is 22.6 Å². The summed E-state index contributed by atoms with van der Waals surface area (Å²) in [5, 5.41) is 13.1. The highest BCUT2D eigenvalue weighted by molar-refractivity contribution is 5.83. The van der Waals surface area contributed by atoms with E-state index in [1.165, 1.54) is 12.1 Å². The van der Waals surface area contributed by atoms with Gasteiger partial charge in [0.2, 0.25) is 18.1 Å². The lowest BCUT2D eigenvalue weighted by Gasteiger charge is -2.37. The fourth-order valence-electron chi connectivity index (χ4n) is 4.97. The summed E-state index contributed by atoms with van der Waals surface area (Å²) in [5.41, 5.74) is 2.53. The third-order valence-electron chi connectivity index (χ3n) is 7.25. The van der Waals surface area contributed by atoms with E-state index in [1.807, 2.05) is 12.1 Å². The minimum atomic E-state index is -0.877. The van der Waals surface area contributed by atoms with E-state index in [4.69, 9.17) is 14.5 Å². The number of aliphatic hydroxyl groups excluding tert-OH is 1. The van der Waals surface area contributed by atoms with Crippen LogP contribution in [0.1, 0.15) is 31.0 Å². The number of carbonyl (C=O) groups excluding carboxylic acids is 1. The quantitative estimate of drug-likeness (QED) is 0.311. The first kappa shape index (κ1) is 26.9. The van der Waals surface area contributed by atoms with Gasteiger partial charge in [-0.3, -0.25) is 9.78 Å². The zero-order chi connectivity index (χ0) is 28.4. The summed E-state index contributed by atoms with van der Waals surface area (Å²) in [6.45, 7) is 3.40. The highest BCUT2D eigenvalue weighted by Crippen LogP contribution is 2.36. The number of halogens is 1. The average Bonchev–Trinajstić information content (AvgIpc) is 3.64. The highest BCUT2D eigenvalue weighted by atomic mass is 19.1. The Hall–Kier alpha value is -4.26. The van der Waals surface area contributed by atoms with Gasteiger partial charge in [-0.25, -0.2) is 19.3 Å². The topological polar surface area (TPSA) is 138 Å². The van der Waals surface area contributed by atoms with Crippen molar-refractivity contribution in [2.75, 3.05) is 31.6 Å². The first-order valence-electron chi connectivity index (χ1n) is 13.4. The summed E-state index contributed by atoms with van der Waals surface area (Å²) in [6, 6.07) is 11.6. The molecule has 2 aliphatic rings. The maximum absolute atomic E-state index is 13.7. The Morgan fingerprint density at radius 1 is 1.12 bits per heavy atom. The molecule has 1 unspecified atom stereocenters. The van der Waals surface area contributed by atoms with Gasteiger partial charge in [-0.2, -0.15) is 0 Å². The number of likely N-dealkylation sites (tertiary alicyclic amines) is 1. The monoisotopic (exact) mass is 559 g/mol. The molecule has 4 aromatic rings. The van der Waals surface area contributed by atoms with Gasteiger partial charge in [0.25, 0.3) is 0 Å². The number of H-pyrrole nitrogens is 1. The Kier molecular flexibility index (Phi) is 7.43. The molecule has 3 aromatic heterocycles. The number of imidazole rings is 1. The second-order valence-electron chi connectivity index (χ2n) is 10.5. The molecule has 41 heavy (non-hydrogen) atoms. The smallest absolute Gasteiger partial charge is 0.233 e. The van der Waals surface area contributed by atoms with Crippen LogP contribution in [-0.2, 0) is 20.8 Å². The van der Waals surface area contributed by atoms with E-state index in [1.54, 1.807) is 48.6 Å². The average molecular weight is 560 g/mol. The van der Waals surface area contributed by atoms with Crippen LogP contribution in [0.15, 0.2) is 61.1 Å². The number of rotatable bonds is 7. The van der Waals surface area contributed by atoms with Gasteiger partial charge in [-0.1, -0.05) is 0 Å². The summed E-state index contributed by atoms with van der Waals surface area (Å²) < 4.78 is 25.8. The lowest BCUT2D eigenvalue weighted by Crippen LogP contribution is -2.49. The van der Waals surface area contributed by atoms with Gasteiger partial charge in [-0.05, 0) is 61.4 Å². The minimum absolute atomic E-state index is 0.104. The van der Waals surface area contributed by atoms with Gasteiger partial charge in [0.05, 0.1) is 41.8 Å². The molecule has 0 spiro atoms. The van der Waals surface area contributed by atoms with Crippen LogP contribution < -0.4 is 5.32 Å². The Morgan fingerprint density at radius 2 is 1.88 bits per heavy atom. The summed E-state index contributed by atoms with van der Waals surface area (Å²) >= 11 is 0. The van der Waals surface area contributed by atoms with E-state index in [0.717, 1.165) is 5.56 Å². The fourth-order valence-corrected chi connectivity index (χ4v) is 4.97. The molecule has 11 nitrogen and oxygen atoms in total. The molecule has 2 fully saturated rings. The number of aromatic amines is 1. The maximum atomic E-state index is 13.7. The summed E-state index contributed by atoms with van der Waals surface area (Å²) in [6.07, 6.45) is 4.31. The van der Waals surface area contributed by atoms with Crippen molar-refractivity contribution in [3.05, 3.63) is 78.3 Å². The van der Waals surface area contributed by atoms with Crippen LogP contribution in [0.2, 0.25) is 0 Å². The number of amides is 1. The standard InChI is InChI=1S/C29H30FN7O4/c1-29(27(39)37-13-9-21(38)15-37)16-40-26(41-17-29)25-35-23(19-2-4-20(30)5-3-19)24(36-25)22-8-12-32-28(34-22)33-14-18-6-10-31-11-7-18/h2-8,10-12,21,26,38H,9,13-17H2,1H3,(H,35,36)(H,32,33,34). The molecule has 0 bridgehead atoms. The van der Waals surface area contributed by atoms with E-state index in [2.05, 4.69) is 25.3 Å². The van der Waals surface area contributed by atoms with Crippen molar-refractivity contribution >= 4 is 11.9 Å². The molecule has 0 saturated carbocycles. The molecule has 0 aliphatic carbocycles. The lowest BCUT2D eigenvalue weighted by molar-refractivity contribution is -0.234. The normalized spacial score (nSPS) is 22.6. The minimum Gasteiger partial charge on any atom is -0.391 e. The Morgan fingerprint density at radius 3 is 2.59 bits per heavy atom. The van der Waals surface area contributed by atoms with Gasteiger partial charge in [-0.15, -0.1) is 0 Å². The lowest BCUT2D eigenvalue weighted by atomic mass is 9.90. The number of benzene rings is 1. The van der Waals surface area contributed by atoms with Crippen molar-refractivity contribution in [1.29, 1.82) is 0 Å². The van der Waals surface area contributed by atoms with E-state index < -0.39 is 17.8 Å². The van der Waals surface area contributed by atoms with Crippen LogP contribution in [0.5, 0.6) is 0 Å². The van der Waals surface area contributed by atoms with E-state index in [0.29, 0.717) is 60.5 Å². The molecular weight excluding hydrogens is 529 g/mol. The van der Waals surface area contributed by atoms with Gasteiger partial charge in [0.15, 0.2) is 5.82 Å². The summed E-state index contributed by atoms with van der Waals surface area (Å²) in [7, 11) is 0. The van der Waals surface area contributed by atoms with Crippen molar-refractivity contribution in [3.8, 4) is 22.6 Å². The van der Waals surface area contributed by atoms with E-state index >= 15 is 0 Å². The summed E-state index contributed by atoms with van der Waals surface area (Å²) in [4.78, 5) is 35.9. The van der Waals surface area contributed by atoms with Crippen molar-refractivity contribution in [2.24, 2.45) is 5.41 Å². The van der Waals surface area contributed by atoms with Crippen LogP contribution in [0.3, 0.4) is 0 Å². The van der Waals surface area contributed by atoms with Crippen molar-refractivity contribution in [1.82, 2.24) is 29.8 Å². The molecule has 6 rings (SSSR count). The molecule has 212 valence electrons. The third kappa shape index (κ3) is 5.80. The van der Waals surface area contributed by atoms with E-state index in [-0.39, 0.29) is 24.9 Å². The molecule has 2 saturated heterocycles. The van der Waals surface area contributed by atoms with Crippen molar-refractivity contribution in [2.45, 2.75) is 32.3 Å². The SMILES string of the molecule is CC1(C(=O)N2CCC(O)C2)COC(c2nc(-c3ccc(F)cc3)c(-c3ccnc(NCc4ccncc4)n3)[nH]2)OC1. The number of pyridine rings is 1. The largest absolute Gasteiger partial charge is 0.391 e. The zero-order valence-corrected chi connectivity index (χ0v) is 22.5. The number of nitrogens with one attached hydrogen (secondary N) is 2. The first-order valence-corrected chi connectivity index (χ1v) is 13.4. The van der Waals surface area contributed by atoms with Crippen LogP contribution >= 0.6 is 0 Å². The third-order valence-corrected chi connectivity index (χ3v) is 7.25. The molecular formula is C29H30FN7O4. The van der Waals surface area contributed by atoms with E-state index in [9.17, 15) is 14.3 Å². The van der Waals surface area contributed by atoms with Crippen LogP contribution in [0, 0.1) is 11.2 Å². The van der Waals surface area contributed by atoms with Crippen molar-refractivity contribution < 1.29 is 23.8 Å². The Balaban J connectivity index is 1.25. The molecule has 1 atom stereocenters. The van der Waals surface area contributed by atoms with Crippen LogP contribution in [0.4, 0.5) is 10.3 Å².